The Balaban J connectivity index is 1.44. The third-order valence-corrected chi connectivity index (χ3v) is 4.93. The zero-order valence-corrected chi connectivity index (χ0v) is 17.2. The molecule has 0 saturated heterocycles. The molecule has 0 aliphatic rings. The molecular weight excluding hydrogens is 407 g/mol. The van der Waals surface area contributed by atoms with Crippen molar-refractivity contribution in [3.8, 4) is 11.3 Å². The van der Waals surface area contributed by atoms with Gasteiger partial charge in [0.15, 0.2) is 5.76 Å². The molecule has 0 aliphatic carbocycles. The second kappa shape index (κ2) is 10.1. The van der Waals surface area contributed by atoms with E-state index >= 15 is 0 Å². The Morgan fingerprint density at radius 1 is 1.10 bits per heavy atom. The Kier molecular flexibility index (Phi) is 7.33. The van der Waals surface area contributed by atoms with E-state index in [0.717, 1.165) is 30.8 Å². The van der Waals surface area contributed by atoms with Crippen LogP contribution in [0.1, 0.15) is 24.0 Å². The number of carbonyl (C=O) groups excluding carboxylic acids is 1. The number of nitrogens with one attached hydrogen (secondary N) is 1. The van der Waals surface area contributed by atoms with Gasteiger partial charge < -0.3 is 14.7 Å². The molecule has 0 bridgehead atoms. The maximum Gasteiger partial charge on any atom is 0.416 e. The number of amides is 1. The SMILES string of the molecule is CN(CCCNC(=O)CCc1cnoc1-c1ccc(C(F)(F)F)cc1)c1ccccc1. The molecule has 31 heavy (non-hydrogen) atoms. The lowest BCUT2D eigenvalue weighted by Crippen LogP contribution is -2.28. The van der Waals surface area contributed by atoms with Crippen LogP contribution in [0.15, 0.2) is 65.3 Å². The van der Waals surface area contributed by atoms with Crippen LogP contribution in [-0.4, -0.2) is 31.2 Å². The van der Waals surface area contributed by atoms with Gasteiger partial charge in [0.05, 0.1) is 11.8 Å². The molecule has 3 aromatic rings. The Morgan fingerprint density at radius 2 is 1.81 bits per heavy atom. The molecule has 1 heterocycles. The van der Waals surface area contributed by atoms with Crippen LogP contribution in [0, 0.1) is 0 Å². The highest BCUT2D eigenvalue weighted by atomic mass is 19.4. The van der Waals surface area contributed by atoms with Gasteiger partial charge in [-0.2, -0.15) is 13.2 Å². The minimum atomic E-state index is -4.39. The normalized spacial score (nSPS) is 11.4. The number of halogens is 3. The van der Waals surface area contributed by atoms with Gasteiger partial charge in [-0.25, -0.2) is 0 Å². The van der Waals surface area contributed by atoms with Crippen LogP contribution in [0.3, 0.4) is 0 Å². The minimum absolute atomic E-state index is 0.0954. The Bertz CT molecular complexity index is 970. The fourth-order valence-corrected chi connectivity index (χ4v) is 3.18. The Morgan fingerprint density at radius 3 is 2.48 bits per heavy atom. The van der Waals surface area contributed by atoms with E-state index in [1.807, 2.05) is 37.4 Å². The standard InChI is InChI=1S/C23H24F3N3O2/c1-29(20-6-3-2-4-7-20)15-5-14-27-21(30)13-10-18-16-28-31-22(18)17-8-11-19(12-9-17)23(24,25)26/h2-4,6-9,11-12,16H,5,10,13-15H2,1H3,(H,27,30). The molecule has 2 aromatic carbocycles. The first kappa shape index (κ1) is 22.4. The van der Waals surface area contributed by atoms with E-state index in [-0.39, 0.29) is 12.3 Å². The van der Waals surface area contributed by atoms with Gasteiger partial charge in [-0.3, -0.25) is 4.79 Å². The lowest BCUT2D eigenvalue weighted by molar-refractivity contribution is -0.137. The molecular formula is C23H24F3N3O2. The van der Waals surface area contributed by atoms with Gasteiger partial charge in [0.25, 0.3) is 0 Å². The summed E-state index contributed by atoms with van der Waals surface area (Å²) in [5.41, 5.74) is 1.57. The van der Waals surface area contributed by atoms with E-state index in [9.17, 15) is 18.0 Å². The zero-order valence-electron chi connectivity index (χ0n) is 17.2. The summed E-state index contributed by atoms with van der Waals surface area (Å²) >= 11 is 0. The van der Waals surface area contributed by atoms with Gasteiger partial charge in [0.2, 0.25) is 5.91 Å². The molecule has 164 valence electrons. The van der Waals surface area contributed by atoms with Crippen molar-refractivity contribution in [1.82, 2.24) is 10.5 Å². The number of hydrogen-bond donors (Lipinski definition) is 1. The first-order chi connectivity index (χ1) is 14.8. The van der Waals surface area contributed by atoms with Crippen LogP contribution in [0.4, 0.5) is 18.9 Å². The predicted octanol–water partition coefficient (Wildman–Crippen LogP) is 4.94. The molecule has 0 atom stereocenters. The zero-order chi connectivity index (χ0) is 22.3. The van der Waals surface area contributed by atoms with Crippen molar-refractivity contribution in [2.75, 3.05) is 25.0 Å². The van der Waals surface area contributed by atoms with Crippen LogP contribution in [0.5, 0.6) is 0 Å². The number of aromatic nitrogens is 1. The number of benzene rings is 2. The quantitative estimate of drug-likeness (QED) is 0.488. The molecule has 0 radical (unpaired) electrons. The van der Waals surface area contributed by atoms with E-state index in [4.69, 9.17) is 4.52 Å². The number of carbonyl (C=O) groups is 1. The molecule has 0 spiro atoms. The van der Waals surface area contributed by atoms with Crippen molar-refractivity contribution in [2.45, 2.75) is 25.4 Å². The molecule has 5 nitrogen and oxygen atoms in total. The number of hydrogen-bond acceptors (Lipinski definition) is 4. The van der Waals surface area contributed by atoms with E-state index < -0.39 is 11.7 Å². The highest BCUT2D eigenvalue weighted by molar-refractivity contribution is 5.76. The summed E-state index contributed by atoms with van der Waals surface area (Å²) in [5, 5.41) is 6.63. The molecule has 0 unspecified atom stereocenters. The maximum atomic E-state index is 12.7. The van der Waals surface area contributed by atoms with Crippen LogP contribution < -0.4 is 10.2 Å². The van der Waals surface area contributed by atoms with Gasteiger partial charge in [-0.05, 0) is 37.1 Å². The van der Waals surface area contributed by atoms with E-state index in [1.54, 1.807) is 0 Å². The van der Waals surface area contributed by atoms with Gasteiger partial charge >= 0.3 is 6.18 Å². The predicted molar refractivity (Wildman–Crippen MR) is 113 cm³/mol. The summed E-state index contributed by atoms with van der Waals surface area (Å²) in [6.07, 6.45) is -1.47. The largest absolute Gasteiger partial charge is 0.416 e. The number of anilines is 1. The topological polar surface area (TPSA) is 58.4 Å². The minimum Gasteiger partial charge on any atom is -0.375 e. The highest BCUT2D eigenvalue weighted by Crippen LogP contribution is 2.32. The Hall–Kier alpha value is -3.29. The van der Waals surface area contributed by atoms with Crippen molar-refractivity contribution >= 4 is 11.6 Å². The number of para-hydroxylation sites is 1. The molecule has 1 N–H and O–H groups in total. The molecule has 0 fully saturated rings. The summed E-state index contributed by atoms with van der Waals surface area (Å²) in [4.78, 5) is 14.3. The average Bonchev–Trinajstić information content (AvgIpc) is 3.24. The van der Waals surface area contributed by atoms with Crippen molar-refractivity contribution in [3.05, 3.63) is 71.9 Å². The molecule has 3 rings (SSSR count). The summed E-state index contributed by atoms with van der Waals surface area (Å²) in [6.45, 7) is 1.37. The van der Waals surface area contributed by atoms with Crippen LogP contribution in [-0.2, 0) is 17.4 Å². The molecule has 1 aromatic heterocycles. The van der Waals surface area contributed by atoms with Crippen molar-refractivity contribution in [2.24, 2.45) is 0 Å². The van der Waals surface area contributed by atoms with Crippen molar-refractivity contribution < 1.29 is 22.5 Å². The third kappa shape index (κ3) is 6.34. The number of nitrogens with zero attached hydrogens (tertiary/aromatic N) is 2. The first-order valence-corrected chi connectivity index (χ1v) is 9.98. The Labute approximate surface area is 178 Å². The fraction of sp³-hybridized carbons (Fsp3) is 0.304. The summed E-state index contributed by atoms with van der Waals surface area (Å²) in [6, 6.07) is 14.7. The van der Waals surface area contributed by atoms with Crippen LogP contribution in [0.25, 0.3) is 11.3 Å². The maximum absolute atomic E-state index is 12.7. The van der Waals surface area contributed by atoms with E-state index in [1.165, 1.54) is 18.3 Å². The fourth-order valence-electron chi connectivity index (χ4n) is 3.18. The monoisotopic (exact) mass is 431 g/mol. The summed E-state index contributed by atoms with van der Waals surface area (Å²) in [7, 11) is 2.01. The molecule has 0 saturated carbocycles. The highest BCUT2D eigenvalue weighted by Gasteiger charge is 2.30. The number of rotatable bonds is 9. The smallest absolute Gasteiger partial charge is 0.375 e. The van der Waals surface area contributed by atoms with E-state index in [0.29, 0.717) is 29.9 Å². The van der Waals surface area contributed by atoms with Crippen LogP contribution >= 0.6 is 0 Å². The number of alkyl halides is 3. The number of aryl methyl sites for hydroxylation is 1. The first-order valence-electron chi connectivity index (χ1n) is 9.98. The van der Waals surface area contributed by atoms with Gasteiger partial charge in [-0.15, -0.1) is 0 Å². The lowest BCUT2D eigenvalue weighted by Gasteiger charge is -2.19. The average molecular weight is 431 g/mol. The van der Waals surface area contributed by atoms with Crippen molar-refractivity contribution in [1.29, 1.82) is 0 Å². The molecule has 8 heteroatoms. The second-order valence-corrected chi connectivity index (χ2v) is 7.22. The van der Waals surface area contributed by atoms with E-state index in [2.05, 4.69) is 15.4 Å². The summed E-state index contributed by atoms with van der Waals surface area (Å²) < 4.78 is 43.4. The van der Waals surface area contributed by atoms with Gasteiger partial charge in [-0.1, -0.05) is 35.5 Å². The van der Waals surface area contributed by atoms with Gasteiger partial charge in [0.1, 0.15) is 0 Å². The van der Waals surface area contributed by atoms with Crippen LogP contribution in [0.2, 0.25) is 0 Å². The molecule has 0 aliphatic heterocycles. The lowest BCUT2D eigenvalue weighted by atomic mass is 10.0. The second-order valence-electron chi connectivity index (χ2n) is 7.22. The van der Waals surface area contributed by atoms with Crippen molar-refractivity contribution in [3.63, 3.8) is 0 Å². The van der Waals surface area contributed by atoms with Gasteiger partial charge in [0, 0.05) is 43.4 Å². The summed E-state index contributed by atoms with van der Waals surface area (Å²) in [5.74, 6) is 0.285. The molecule has 1 amide bonds. The third-order valence-electron chi connectivity index (χ3n) is 4.93.